The van der Waals surface area contributed by atoms with Crippen molar-refractivity contribution in [1.29, 1.82) is 0 Å². The molecule has 2 heterocycles. The maximum absolute atomic E-state index is 12.7. The lowest BCUT2D eigenvalue weighted by Crippen LogP contribution is -2.35. The maximum atomic E-state index is 12.7. The minimum Gasteiger partial charge on any atom is -0.391 e. The molecule has 3 N–H and O–H groups in total. The Balaban J connectivity index is 1.94. The van der Waals surface area contributed by atoms with Crippen molar-refractivity contribution in [2.24, 2.45) is 0 Å². The number of aliphatic hydroxyl groups excluding tert-OH is 1. The zero-order chi connectivity index (χ0) is 17.4. The van der Waals surface area contributed by atoms with Gasteiger partial charge in [0.1, 0.15) is 5.69 Å². The van der Waals surface area contributed by atoms with Gasteiger partial charge in [-0.1, -0.05) is 23.7 Å². The first-order valence-electron chi connectivity index (χ1n) is 7.56. The Hall–Kier alpha value is -1.89. The number of hydrogen-bond acceptors (Lipinski definition) is 4. The monoisotopic (exact) mass is 363 g/mol. The van der Waals surface area contributed by atoms with Gasteiger partial charge >= 0.3 is 0 Å². The molecule has 126 valence electrons. The van der Waals surface area contributed by atoms with E-state index in [1.54, 1.807) is 13.0 Å². The second-order valence-electron chi connectivity index (χ2n) is 5.77. The predicted octanol–water partition coefficient (Wildman–Crippen LogP) is 3.75. The normalized spacial score (nSPS) is 13.9. The van der Waals surface area contributed by atoms with Crippen molar-refractivity contribution in [3.8, 4) is 0 Å². The van der Waals surface area contributed by atoms with Crippen molar-refractivity contribution in [2.75, 3.05) is 0 Å². The topological polar surface area (TPSA) is 78.0 Å². The van der Waals surface area contributed by atoms with E-state index in [0.717, 1.165) is 21.5 Å². The van der Waals surface area contributed by atoms with Gasteiger partial charge in [0.25, 0.3) is 5.91 Å². The SMILES string of the molecule is Cc1nc(C(NC(=O)c2[nH]c3c(Cl)cccc3c2C)C(C)O)cs1. The number of para-hydroxylation sites is 1. The standard InChI is InChI=1S/C17H18ClN3O2S/c1-8-11-5-4-6-12(18)16(11)20-14(8)17(23)21-15(9(2)22)13-7-24-10(3)19-13/h4-7,9,15,20,22H,1-3H3,(H,21,23). The van der Waals surface area contributed by atoms with Gasteiger partial charge in [-0.25, -0.2) is 4.98 Å². The Morgan fingerprint density at radius 3 is 2.75 bits per heavy atom. The number of benzene rings is 1. The molecule has 0 saturated carbocycles. The third kappa shape index (κ3) is 3.05. The van der Waals surface area contributed by atoms with Crippen LogP contribution in [0.2, 0.25) is 5.02 Å². The number of aryl methyl sites for hydroxylation is 2. The molecule has 1 aromatic carbocycles. The number of H-pyrrole nitrogens is 1. The number of thiazole rings is 1. The van der Waals surface area contributed by atoms with Crippen molar-refractivity contribution in [1.82, 2.24) is 15.3 Å². The lowest BCUT2D eigenvalue weighted by Gasteiger charge is -2.19. The van der Waals surface area contributed by atoms with Crippen molar-refractivity contribution < 1.29 is 9.90 Å². The van der Waals surface area contributed by atoms with Crippen LogP contribution in [0.1, 0.15) is 39.7 Å². The first kappa shape index (κ1) is 17.0. The second-order valence-corrected chi connectivity index (χ2v) is 7.24. The fourth-order valence-electron chi connectivity index (χ4n) is 2.72. The average Bonchev–Trinajstić information content (AvgIpc) is 3.10. The first-order valence-corrected chi connectivity index (χ1v) is 8.82. The van der Waals surface area contributed by atoms with E-state index < -0.39 is 12.1 Å². The molecule has 0 fully saturated rings. The number of halogens is 1. The smallest absolute Gasteiger partial charge is 0.268 e. The zero-order valence-electron chi connectivity index (χ0n) is 13.6. The Bertz CT molecular complexity index is 901. The molecule has 1 amide bonds. The summed E-state index contributed by atoms with van der Waals surface area (Å²) < 4.78 is 0. The molecule has 0 bridgehead atoms. The molecule has 3 rings (SSSR count). The second kappa shape index (κ2) is 6.55. The third-order valence-electron chi connectivity index (χ3n) is 3.99. The van der Waals surface area contributed by atoms with Crippen LogP contribution in [0.4, 0.5) is 0 Å². The molecule has 2 aromatic heterocycles. The summed E-state index contributed by atoms with van der Waals surface area (Å²) in [5, 5.41) is 17.1. The Morgan fingerprint density at radius 1 is 1.42 bits per heavy atom. The summed E-state index contributed by atoms with van der Waals surface area (Å²) in [4.78, 5) is 20.2. The molecule has 0 saturated heterocycles. The summed E-state index contributed by atoms with van der Waals surface area (Å²) in [5.74, 6) is -0.295. The highest BCUT2D eigenvalue weighted by atomic mass is 35.5. The molecule has 7 heteroatoms. The average molecular weight is 364 g/mol. The van der Waals surface area contributed by atoms with Gasteiger partial charge in [0.05, 0.1) is 33.4 Å². The Kier molecular flexibility index (Phi) is 4.62. The summed E-state index contributed by atoms with van der Waals surface area (Å²) in [6.07, 6.45) is -0.760. The van der Waals surface area contributed by atoms with Crippen molar-refractivity contribution >= 4 is 39.7 Å². The van der Waals surface area contributed by atoms with Crippen LogP contribution in [-0.2, 0) is 0 Å². The number of carbonyl (C=O) groups is 1. The number of fused-ring (bicyclic) bond motifs is 1. The molecule has 0 aliphatic carbocycles. The molecule has 24 heavy (non-hydrogen) atoms. The highest BCUT2D eigenvalue weighted by Gasteiger charge is 2.25. The Morgan fingerprint density at radius 2 is 2.17 bits per heavy atom. The number of aliphatic hydroxyl groups is 1. The fourth-order valence-corrected chi connectivity index (χ4v) is 3.59. The van der Waals surface area contributed by atoms with Crippen LogP contribution in [0.25, 0.3) is 10.9 Å². The van der Waals surface area contributed by atoms with Crippen molar-refractivity contribution in [3.05, 3.63) is 50.6 Å². The van der Waals surface area contributed by atoms with Gasteiger partial charge in [0.2, 0.25) is 0 Å². The van der Waals surface area contributed by atoms with Crippen molar-refractivity contribution in [3.63, 3.8) is 0 Å². The number of nitrogens with zero attached hydrogens (tertiary/aromatic N) is 1. The number of rotatable bonds is 4. The van der Waals surface area contributed by atoms with Crippen LogP contribution < -0.4 is 5.32 Å². The van der Waals surface area contributed by atoms with E-state index in [2.05, 4.69) is 15.3 Å². The highest BCUT2D eigenvalue weighted by Crippen LogP contribution is 2.28. The first-order chi connectivity index (χ1) is 11.4. The van der Waals surface area contributed by atoms with Gasteiger partial charge < -0.3 is 15.4 Å². The number of nitrogens with one attached hydrogen (secondary N) is 2. The maximum Gasteiger partial charge on any atom is 0.268 e. The van der Waals surface area contributed by atoms with Gasteiger partial charge in [-0.3, -0.25) is 4.79 Å². The lowest BCUT2D eigenvalue weighted by atomic mass is 10.1. The lowest BCUT2D eigenvalue weighted by molar-refractivity contribution is 0.0850. The van der Waals surface area contributed by atoms with E-state index in [1.165, 1.54) is 11.3 Å². The van der Waals surface area contributed by atoms with Gasteiger partial charge in [-0.15, -0.1) is 11.3 Å². The van der Waals surface area contributed by atoms with Gasteiger partial charge in [-0.2, -0.15) is 0 Å². The number of aromatic nitrogens is 2. The third-order valence-corrected chi connectivity index (χ3v) is 5.10. The number of hydrogen-bond donors (Lipinski definition) is 3. The molecule has 0 spiro atoms. The fraction of sp³-hybridized carbons (Fsp3) is 0.294. The van der Waals surface area contributed by atoms with E-state index in [4.69, 9.17) is 11.6 Å². The minimum absolute atomic E-state index is 0.295. The van der Waals surface area contributed by atoms with Crippen LogP contribution in [-0.4, -0.2) is 27.1 Å². The number of carbonyl (C=O) groups excluding carboxylic acids is 1. The van der Waals surface area contributed by atoms with Crippen molar-refractivity contribution in [2.45, 2.75) is 32.9 Å². The van der Waals surface area contributed by atoms with Crippen LogP contribution in [0.15, 0.2) is 23.6 Å². The Labute approximate surface area is 148 Å². The summed E-state index contributed by atoms with van der Waals surface area (Å²) >= 11 is 7.67. The minimum atomic E-state index is -0.760. The number of amides is 1. The summed E-state index contributed by atoms with van der Waals surface area (Å²) in [5.41, 5.74) is 2.66. The summed E-state index contributed by atoms with van der Waals surface area (Å²) in [6.45, 7) is 5.39. The van der Waals surface area contributed by atoms with E-state index in [-0.39, 0.29) is 5.91 Å². The highest BCUT2D eigenvalue weighted by molar-refractivity contribution is 7.09. The largest absolute Gasteiger partial charge is 0.391 e. The van der Waals surface area contributed by atoms with Gasteiger partial charge in [0.15, 0.2) is 0 Å². The summed E-state index contributed by atoms with van der Waals surface area (Å²) in [6, 6.07) is 4.98. The van der Waals surface area contributed by atoms with Gasteiger partial charge in [0, 0.05) is 10.8 Å². The molecule has 0 aliphatic rings. The molecular formula is C17H18ClN3O2S. The van der Waals surface area contributed by atoms with Crippen LogP contribution >= 0.6 is 22.9 Å². The molecule has 3 aromatic rings. The quantitative estimate of drug-likeness (QED) is 0.660. The van der Waals surface area contributed by atoms with Crippen LogP contribution in [0.3, 0.4) is 0 Å². The molecule has 2 atom stereocenters. The molecule has 2 unspecified atom stereocenters. The molecule has 0 radical (unpaired) electrons. The van der Waals surface area contributed by atoms with Crippen LogP contribution in [0, 0.1) is 13.8 Å². The predicted molar refractivity (Wildman–Crippen MR) is 96.8 cm³/mol. The zero-order valence-corrected chi connectivity index (χ0v) is 15.1. The van der Waals surface area contributed by atoms with E-state index in [0.29, 0.717) is 16.4 Å². The van der Waals surface area contributed by atoms with E-state index in [1.807, 2.05) is 31.4 Å². The summed E-state index contributed by atoms with van der Waals surface area (Å²) in [7, 11) is 0. The molecule has 5 nitrogen and oxygen atoms in total. The van der Waals surface area contributed by atoms with Gasteiger partial charge in [-0.05, 0) is 32.4 Å². The molecular weight excluding hydrogens is 346 g/mol. The molecule has 0 aliphatic heterocycles. The number of aromatic amines is 1. The van der Waals surface area contributed by atoms with E-state index in [9.17, 15) is 9.90 Å². The van der Waals surface area contributed by atoms with Crippen LogP contribution in [0.5, 0.6) is 0 Å². The van der Waals surface area contributed by atoms with E-state index >= 15 is 0 Å².